The number of nitrogens with one attached hydrogen (secondary N) is 1. The first-order valence-electron chi connectivity index (χ1n) is 10.5. The number of aryl methyl sites for hydroxylation is 1. The van der Waals surface area contributed by atoms with Crippen molar-refractivity contribution in [1.29, 1.82) is 0 Å². The first-order chi connectivity index (χ1) is 14.9. The van der Waals surface area contributed by atoms with Crippen LogP contribution in [0.25, 0.3) is 11.3 Å². The molecule has 2 aliphatic rings. The van der Waals surface area contributed by atoms with Gasteiger partial charge in [0.1, 0.15) is 5.75 Å². The molecule has 2 aromatic rings. The summed E-state index contributed by atoms with van der Waals surface area (Å²) >= 11 is 0. The van der Waals surface area contributed by atoms with Crippen molar-refractivity contribution in [3.63, 3.8) is 0 Å². The van der Waals surface area contributed by atoms with E-state index in [1.54, 1.807) is 14.0 Å². The van der Waals surface area contributed by atoms with Gasteiger partial charge in [0.2, 0.25) is 0 Å². The summed E-state index contributed by atoms with van der Waals surface area (Å²) in [6.45, 7) is 8.67. The van der Waals surface area contributed by atoms with Crippen molar-refractivity contribution in [2.75, 3.05) is 19.0 Å². The smallest absolute Gasteiger partial charge is 0.181 e. The largest absolute Gasteiger partial charge is 0.496 e. The molecule has 2 aliphatic heterocycles. The molecule has 0 amide bonds. The molecule has 1 N–H and O–H groups in total. The van der Waals surface area contributed by atoms with Gasteiger partial charge in [-0.3, -0.25) is 9.79 Å². The Morgan fingerprint density at radius 2 is 2.19 bits per heavy atom. The molecule has 0 spiro atoms. The van der Waals surface area contributed by atoms with Crippen LogP contribution in [0.3, 0.4) is 0 Å². The summed E-state index contributed by atoms with van der Waals surface area (Å²) in [6, 6.07) is 6.03. The highest BCUT2D eigenvalue weighted by Crippen LogP contribution is 2.35. The Morgan fingerprint density at radius 3 is 2.84 bits per heavy atom. The summed E-state index contributed by atoms with van der Waals surface area (Å²) in [5.41, 5.74) is 3.94. The molecule has 1 atom stereocenters. The lowest BCUT2D eigenvalue weighted by Gasteiger charge is -2.24. The third kappa shape index (κ3) is 4.26. The fourth-order valence-corrected chi connectivity index (χ4v) is 3.99. The Balaban J connectivity index is 1.66. The second-order valence-corrected chi connectivity index (χ2v) is 8.39. The molecule has 0 bridgehead atoms. The van der Waals surface area contributed by atoms with Crippen LogP contribution in [0.1, 0.15) is 32.9 Å². The maximum absolute atomic E-state index is 12.1. The number of ether oxygens (including phenoxy) is 1. The van der Waals surface area contributed by atoms with Gasteiger partial charge in [-0.1, -0.05) is 13.8 Å². The third-order valence-corrected chi connectivity index (χ3v) is 5.44. The fraction of sp³-hybridized carbons (Fsp3) is 0.375. The van der Waals surface area contributed by atoms with E-state index in [0.717, 1.165) is 41.4 Å². The van der Waals surface area contributed by atoms with Crippen molar-refractivity contribution < 1.29 is 13.9 Å². The van der Waals surface area contributed by atoms with Crippen LogP contribution in [0.2, 0.25) is 0 Å². The molecule has 7 nitrogen and oxygen atoms in total. The van der Waals surface area contributed by atoms with E-state index < -0.39 is 0 Å². The number of aliphatic imine (C=N–C) groups is 1. The summed E-state index contributed by atoms with van der Waals surface area (Å²) in [4.78, 5) is 23.3. The topological polar surface area (TPSA) is 80.0 Å². The number of allylic oxidation sites excluding steroid dienone is 2. The highest BCUT2D eigenvalue weighted by Gasteiger charge is 2.30. The number of methoxy groups -OCH3 is 1. The minimum absolute atomic E-state index is 0.0272. The lowest BCUT2D eigenvalue weighted by Crippen LogP contribution is -2.31. The molecule has 31 heavy (non-hydrogen) atoms. The van der Waals surface area contributed by atoms with Gasteiger partial charge in [-0.05, 0) is 44.4 Å². The first kappa shape index (κ1) is 20.9. The van der Waals surface area contributed by atoms with Gasteiger partial charge in [0.15, 0.2) is 23.8 Å². The number of hydrogen-bond acceptors (Lipinski definition) is 7. The highest BCUT2D eigenvalue weighted by atomic mass is 16.5. The summed E-state index contributed by atoms with van der Waals surface area (Å²) < 4.78 is 11.1. The van der Waals surface area contributed by atoms with Gasteiger partial charge in [0, 0.05) is 30.1 Å². The molecule has 1 aromatic carbocycles. The van der Waals surface area contributed by atoms with E-state index in [1.807, 2.05) is 37.4 Å². The van der Waals surface area contributed by atoms with Crippen molar-refractivity contribution in [2.45, 2.75) is 40.2 Å². The quantitative estimate of drug-likeness (QED) is 0.707. The zero-order valence-electron chi connectivity index (χ0n) is 18.6. The van der Waals surface area contributed by atoms with Crippen LogP contribution < -0.4 is 10.1 Å². The van der Waals surface area contributed by atoms with Gasteiger partial charge in [-0.25, -0.2) is 4.98 Å². The zero-order valence-corrected chi connectivity index (χ0v) is 18.6. The van der Waals surface area contributed by atoms with E-state index in [-0.39, 0.29) is 11.8 Å². The van der Waals surface area contributed by atoms with Gasteiger partial charge in [0.25, 0.3) is 0 Å². The number of rotatable bonds is 7. The van der Waals surface area contributed by atoms with E-state index in [2.05, 4.69) is 29.0 Å². The third-order valence-electron chi connectivity index (χ3n) is 5.44. The average Bonchev–Trinajstić information content (AvgIpc) is 3.32. The molecular weight excluding hydrogens is 392 g/mol. The molecule has 0 aliphatic carbocycles. The predicted molar refractivity (Wildman–Crippen MR) is 121 cm³/mol. The molecule has 3 heterocycles. The number of anilines is 1. The van der Waals surface area contributed by atoms with Crippen molar-refractivity contribution >= 4 is 17.3 Å². The molecule has 1 unspecified atom stereocenters. The summed E-state index contributed by atoms with van der Waals surface area (Å²) in [5, 5.41) is 3.44. The van der Waals surface area contributed by atoms with Crippen LogP contribution in [-0.2, 0) is 4.79 Å². The monoisotopic (exact) mass is 420 g/mol. The molecule has 0 saturated heterocycles. The molecule has 4 rings (SSSR count). The van der Waals surface area contributed by atoms with Crippen molar-refractivity contribution in [3.05, 3.63) is 53.8 Å². The van der Waals surface area contributed by atoms with Crippen LogP contribution in [0, 0.1) is 12.8 Å². The van der Waals surface area contributed by atoms with E-state index in [4.69, 9.17) is 14.1 Å². The van der Waals surface area contributed by atoms with Crippen LogP contribution in [0.4, 0.5) is 5.69 Å². The van der Waals surface area contributed by atoms with Crippen LogP contribution in [0.15, 0.2) is 57.5 Å². The predicted octanol–water partition coefficient (Wildman–Crippen LogP) is 4.57. The van der Waals surface area contributed by atoms with Gasteiger partial charge >= 0.3 is 0 Å². The SMILES string of the molecule is COc1cc(NC2=CC(C(C)=O)=CN3CC(CC(C)C)N=C23)ccc1-c1ocnc1C. The van der Waals surface area contributed by atoms with Crippen LogP contribution in [0.5, 0.6) is 5.75 Å². The fourth-order valence-electron chi connectivity index (χ4n) is 3.99. The van der Waals surface area contributed by atoms with E-state index >= 15 is 0 Å². The Hall–Kier alpha value is -3.35. The number of benzene rings is 1. The molecule has 0 saturated carbocycles. The van der Waals surface area contributed by atoms with Gasteiger partial charge in [-0.15, -0.1) is 0 Å². The van der Waals surface area contributed by atoms with Crippen molar-refractivity contribution in [1.82, 2.24) is 9.88 Å². The number of Topliss-reactive ketones (excluding diaryl/α,β-unsaturated/α-hetero) is 1. The molecule has 0 fully saturated rings. The number of carbonyl (C=O) groups is 1. The van der Waals surface area contributed by atoms with Gasteiger partial charge in [-0.2, -0.15) is 0 Å². The lowest BCUT2D eigenvalue weighted by atomic mass is 10.0. The average molecular weight is 421 g/mol. The molecular formula is C24H28N4O3. The van der Waals surface area contributed by atoms with Gasteiger partial charge in [0.05, 0.1) is 30.1 Å². The number of oxazole rings is 1. The number of aromatic nitrogens is 1. The lowest BCUT2D eigenvalue weighted by molar-refractivity contribution is -0.113. The van der Waals surface area contributed by atoms with Crippen molar-refractivity contribution in [2.24, 2.45) is 10.9 Å². The first-order valence-corrected chi connectivity index (χ1v) is 10.5. The van der Waals surface area contributed by atoms with Crippen LogP contribution in [-0.4, -0.2) is 41.2 Å². The number of hydrogen-bond donors (Lipinski definition) is 1. The molecule has 1 aromatic heterocycles. The number of ketones is 1. The molecule has 0 radical (unpaired) electrons. The Kier molecular flexibility index (Phi) is 5.67. The standard InChI is InChI=1S/C24H28N4O3/c1-14(2)8-19-12-28-11-17(16(4)29)9-21(24(28)27-19)26-18-6-7-20(22(10-18)30-5)23-15(3)25-13-31-23/h6-7,9-11,13-14,19,26H,8,12H2,1-5H3. The molecule has 7 heteroatoms. The summed E-state index contributed by atoms with van der Waals surface area (Å²) in [5.74, 6) is 2.81. The van der Waals surface area contributed by atoms with Crippen molar-refractivity contribution in [3.8, 4) is 17.1 Å². The van der Waals surface area contributed by atoms with E-state index in [9.17, 15) is 4.79 Å². The summed E-state index contributed by atoms with van der Waals surface area (Å²) in [6.07, 6.45) is 6.22. The Morgan fingerprint density at radius 1 is 1.39 bits per heavy atom. The Bertz CT molecular complexity index is 1090. The summed E-state index contributed by atoms with van der Waals surface area (Å²) in [7, 11) is 1.63. The normalized spacial score (nSPS) is 17.8. The number of nitrogens with zero attached hydrogens (tertiary/aromatic N) is 3. The van der Waals surface area contributed by atoms with E-state index in [1.165, 1.54) is 6.39 Å². The minimum atomic E-state index is 0.0272. The van der Waals surface area contributed by atoms with Crippen LogP contribution >= 0.6 is 0 Å². The highest BCUT2D eigenvalue weighted by molar-refractivity contribution is 6.08. The maximum Gasteiger partial charge on any atom is 0.181 e. The molecule has 162 valence electrons. The zero-order chi connectivity index (χ0) is 22.1. The maximum atomic E-state index is 12.1. The number of amidine groups is 1. The van der Waals surface area contributed by atoms with Gasteiger partial charge < -0.3 is 19.4 Å². The van der Waals surface area contributed by atoms with E-state index in [0.29, 0.717) is 23.0 Å². The minimum Gasteiger partial charge on any atom is -0.496 e. The number of fused-ring (bicyclic) bond motifs is 1. The second-order valence-electron chi connectivity index (χ2n) is 8.39. The Labute approximate surface area is 182 Å². The second kappa shape index (κ2) is 8.41. The number of carbonyl (C=O) groups excluding carboxylic acids is 1.